The predicted octanol–water partition coefficient (Wildman–Crippen LogP) is 2.39. The highest BCUT2D eigenvalue weighted by molar-refractivity contribution is 5.69. The summed E-state index contributed by atoms with van der Waals surface area (Å²) >= 11 is 0. The van der Waals surface area contributed by atoms with Crippen LogP contribution < -0.4 is 0 Å². The van der Waals surface area contributed by atoms with Crippen molar-refractivity contribution in [1.82, 2.24) is 0 Å². The van der Waals surface area contributed by atoms with Gasteiger partial charge >= 0.3 is 5.97 Å². The summed E-state index contributed by atoms with van der Waals surface area (Å²) in [5.41, 5.74) is 0. The molecule has 0 saturated carbocycles. The van der Waals surface area contributed by atoms with Crippen molar-refractivity contribution in [2.45, 2.75) is 102 Å². The molecule has 1 aliphatic rings. The summed E-state index contributed by atoms with van der Waals surface area (Å²) in [5.74, 6) is -0.211. The van der Waals surface area contributed by atoms with E-state index in [-0.39, 0.29) is 71.5 Å². The second-order valence-electron chi connectivity index (χ2n) is 9.32. The summed E-state index contributed by atoms with van der Waals surface area (Å²) in [7, 11) is 0. The first-order valence-electron chi connectivity index (χ1n) is 14.2. The van der Waals surface area contributed by atoms with E-state index in [0.717, 1.165) is 19.3 Å². The average Bonchev–Trinajstić information content (AvgIpc) is 2.91. The molecule has 3 N–H and O–H groups in total. The van der Waals surface area contributed by atoms with E-state index in [9.17, 15) is 15.0 Å². The van der Waals surface area contributed by atoms with Crippen molar-refractivity contribution in [3.8, 4) is 0 Å². The second-order valence-corrected chi connectivity index (χ2v) is 9.32. The highest BCUT2D eigenvalue weighted by Gasteiger charge is 2.41. The molecule has 4 unspecified atom stereocenters. The first kappa shape index (κ1) is 34.2. The summed E-state index contributed by atoms with van der Waals surface area (Å²) in [6.45, 7) is 3.08. The molecule has 1 rings (SSSR count). The number of carbonyl (C=O) groups is 1. The third-order valence-electron chi connectivity index (χ3n) is 6.27. The third-order valence-corrected chi connectivity index (χ3v) is 6.27. The first-order valence-corrected chi connectivity index (χ1v) is 14.2. The average molecular weight is 537 g/mol. The Morgan fingerprint density at radius 3 is 2.16 bits per heavy atom. The van der Waals surface area contributed by atoms with Gasteiger partial charge in [0.15, 0.2) is 0 Å². The third kappa shape index (κ3) is 16.7. The molecular weight excluding hydrogens is 484 g/mol. The molecule has 4 atom stereocenters. The number of hydrogen-bond donors (Lipinski definition) is 3. The van der Waals surface area contributed by atoms with Crippen LogP contribution in [-0.4, -0.2) is 112 Å². The molecule has 10 heteroatoms. The molecular formula is C27H52O10. The number of hydrogen-bond acceptors (Lipinski definition) is 10. The molecule has 220 valence electrons. The van der Waals surface area contributed by atoms with E-state index in [2.05, 4.69) is 6.92 Å². The van der Waals surface area contributed by atoms with Crippen LogP contribution in [0.5, 0.6) is 0 Å². The maximum absolute atomic E-state index is 12.0. The molecule has 0 bridgehead atoms. The van der Waals surface area contributed by atoms with Crippen LogP contribution in [0.2, 0.25) is 0 Å². The summed E-state index contributed by atoms with van der Waals surface area (Å²) in [6.07, 6.45) is 9.81. The van der Waals surface area contributed by atoms with Crippen LogP contribution in [-0.2, 0) is 33.2 Å². The highest BCUT2D eigenvalue weighted by Crippen LogP contribution is 2.25. The fraction of sp³-hybridized carbons (Fsp3) is 0.963. The van der Waals surface area contributed by atoms with E-state index >= 15 is 0 Å². The lowest BCUT2D eigenvalue weighted by Crippen LogP contribution is -2.55. The summed E-state index contributed by atoms with van der Waals surface area (Å²) < 4.78 is 34.2. The molecule has 0 aromatic rings. The van der Waals surface area contributed by atoms with E-state index in [1.165, 1.54) is 38.5 Å². The van der Waals surface area contributed by atoms with Crippen LogP contribution in [0.15, 0.2) is 0 Å². The molecule has 10 nitrogen and oxygen atoms in total. The molecule has 0 spiro atoms. The maximum atomic E-state index is 12.0. The zero-order chi connectivity index (χ0) is 27.0. The minimum Gasteiger partial charge on any atom is -0.463 e. The van der Waals surface area contributed by atoms with E-state index in [1.807, 2.05) is 0 Å². The first-order chi connectivity index (χ1) is 18.2. The molecule has 1 heterocycles. The van der Waals surface area contributed by atoms with Gasteiger partial charge in [-0.15, -0.1) is 0 Å². The van der Waals surface area contributed by atoms with Crippen molar-refractivity contribution in [3.05, 3.63) is 0 Å². The molecule has 1 aliphatic heterocycles. The summed E-state index contributed by atoms with van der Waals surface area (Å²) in [6, 6.07) is 0. The Morgan fingerprint density at radius 1 is 0.838 bits per heavy atom. The van der Waals surface area contributed by atoms with Crippen molar-refractivity contribution in [2.24, 2.45) is 0 Å². The van der Waals surface area contributed by atoms with Gasteiger partial charge < -0.3 is 43.7 Å². The van der Waals surface area contributed by atoms with Crippen LogP contribution in [0.1, 0.15) is 77.6 Å². The Balaban J connectivity index is 2.33. The van der Waals surface area contributed by atoms with Gasteiger partial charge in [0.25, 0.3) is 0 Å². The van der Waals surface area contributed by atoms with Gasteiger partial charge in [0.05, 0.1) is 59.0 Å². The molecule has 0 radical (unpaired) electrons. The molecule has 0 aliphatic carbocycles. The van der Waals surface area contributed by atoms with Gasteiger partial charge in [-0.05, 0) is 12.8 Å². The summed E-state index contributed by atoms with van der Waals surface area (Å²) in [4.78, 5) is 12.0. The van der Waals surface area contributed by atoms with Crippen LogP contribution in [0.3, 0.4) is 0 Å². The van der Waals surface area contributed by atoms with Gasteiger partial charge in [-0.25, -0.2) is 0 Å². The minimum absolute atomic E-state index is 0.0937. The smallest absolute Gasteiger partial charge is 0.305 e. The molecule has 0 amide bonds. The van der Waals surface area contributed by atoms with Crippen LogP contribution >= 0.6 is 0 Å². The van der Waals surface area contributed by atoms with E-state index in [1.54, 1.807) is 0 Å². The van der Waals surface area contributed by atoms with E-state index in [0.29, 0.717) is 19.4 Å². The topological polar surface area (TPSA) is 133 Å². The lowest BCUT2D eigenvalue weighted by molar-refractivity contribution is -0.220. The van der Waals surface area contributed by atoms with Gasteiger partial charge in [0.2, 0.25) is 0 Å². The predicted molar refractivity (Wildman–Crippen MR) is 138 cm³/mol. The van der Waals surface area contributed by atoms with Gasteiger partial charge in [0.1, 0.15) is 24.9 Å². The van der Waals surface area contributed by atoms with Crippen molar-refractivity contribution in [2.75, 3.05) is 66.1 Å². The minimum atomic E-state index is -0.561. The number of aliphatic hydroxyl groups is 3. The standard InChI is InChI=1S/C27H52O10/c1-2-3-4-5-6-7-8-9-10-11-25(31)35-21-20-32-22-24(34-18-14-29)27-26(37-19-15-30)23(12-16-36-27)33-17-13-28/h23-24,26-30H,2-22H2,1H3. The highest BCUT2D eigenvalue weighted by atomic mass is 16.6. The van der Waals surface area contributed by atoms with E-state index < -0.39 is 18.3 Å². The molecule has 0 aromatic heterocycles. The quantitative estimate of drug-likeness (QED) is 0.118. The zero-order valence-electron chi connectivity index (χ0n) is 22.9. The fourth-order valence-electron chi connectivity index (χ4n) is 4.39. The molecule has 0 aromatic carbocycles. The van der Waals surface area contributed by atoms with Crippen molar-refractivity contribution >= 4 is 5.97 Å². The lowest BCUT2D eigenvalue weighted by atomic mass is 9.97. The van der Waals surface area contributed by atoms with Gasteiger partial charge in [-0.1, -0.05) is 58.3 Å². The number of unbranched alkanes of at least 4 members (excludes halogenated alkanes) is 8. The van der Waals surface area contributed by atoms with Gasteiger partial charge in [-0.3, -0.25) is 4.79 Å². The van der Waals surface area contributed by atoms with Crippen LogP contribution in [0.25, 0.3) is 0 Å². The summed E-state index contributed by atoms with van der Waals surface area (Å²) in [5, 5.41) is 27.6. The molecule has 1 fully saturated rings. The van der Waals surface area contributed by atoms with Gasteiger partial charge in [0, 0.05) is 13.0 Å². The molecule has 37 heavy (non-hydrogen) atoms. The van der Waals surface area contributed by atoms with Crippen LogP contribution in [0, 0.1) is 0 Å². The van der Waals surface area contributed by atoms with Gasteiger partial charge in [-0.2, -0.15) is 0 Å². The SMILES string of the molecule is CCCCCCCCCCCC(=O)OCCOCC(OCCO)C1OCCC(OCCO)C1OCCO. The monoisotopic (exact) mass is 536 g/mol. The normalized spacial score (nSPS) is 20.7. The Morgan fingerprint density at radius 2 is 1.49 bits per heavy atom. The number of carbonyl (C=O) groups excluding carboxylic acids is 1. The Kier molecular flexibility index (Phi) is 22.4. The van der Waals surface area contributed by atoms with Crippen LogP contribution in [0.4, 0.5) is 0 Å². The van der Waals surface area contributed by atoms with E-state index in [4.69, 9.17) is 33.5 Å². The Hall–Kier alpha value is -0.850. The Labute approximate surface area is 222 Å². The second kappa shape index (κ2) is 24.2. The molecule has 1 saturated heterocycles. The number of rotatable bonds is 25. The maximum Gasteiger partial charge on any atom is 0.305 e. The zero-order valence-corrected chi connectivity index (χ0v) is 22.9. The van der Waals surface area contributed by atoms with Crippen molar-refractivity contribution < 1.29 is 48.5 Å². The number of ether oxygens (including phenoxy) is 6. The fourth-order valence-corrected chi connectivity index (χ4v) is 4.39. The number of esters is 1. The Bertz CT molecular complexity index is 521. The van der Waals surface area contributed by atoms with Crippen molar-refractivity contribution in [3.63, 3.8) is 0 Å². The largest absolute Gasteiger partial charge is 0.463 e. The number of aliphatic hydroxyl groups excluding tert-OH is 3. The van der Waals surface area contributed by atoms with Crippen molar-refractivity contribution in [1.29, 1.82) is 0 Å². The lowest BCUT2D eigenvalue weighted by Gasteiger charge is -2.40.